The Morgan fingerprint density at radius 2 is 1.14 bits per heavy atom. The Kier molecular flexibility index (Phi) is 10.7. The largest absolute Gasteiger partial charge is 0.481 e. The number of hydrogen-bond donors (Lipinski definition) is 3. The van der Waals surface area contributed by atoms with Crippen LogP contribution in [0.25, 0.3) is 0 Å². The fourth-order valence-corrected chi connectivity index (χ4v) is 14.3. The van der Waals surface area contributed by atoms with Crippen molar-refractivity contribution < 1.29 is 67.8 Å². The first kappa shape index (κ1) is 41.6. The summed E-state index contributed by atoms with van der Waals surface area (Å²) in [4.78, 5) is 94.7. The molecule has 57 heavy (non-hydrogen) atoms. The summed E-state index contributed by atoms with van der Waals surface area (Å²) in [5.74, 6) is -15.9. The molecule has 6 saturated carbocycles. The molecule has 14 heteroatoms. The van der Waals surface area contributed by atoms with E-state index < -0.39 is 118 Å². The van der Waals surface area contributed by atoms with Crippen LogP contribution in [0.5, 0.6) is 0 Å². The van der Waals surface area contributed by atoms with Gasteiger partial charge in [-0.3, -0.25) is 33.6 Å². The fraction of sp³-hybridized carbons (Fsp3) is 0.837. The van der Waals surface area contributed by atoms with E-state index in [2.05, 4.69) is 6.92 Å². The van der Waals surface area contributed by atoms with E-state index in [1.807, 2.05) is 0 Å². The maximum atomic E-state index is 14.3. The Bertz CT molecular complexity index is 1690. The Labute approximate surface area is 333 Å². The monoisotopic (exact) mass is 800 g/mol. The second-order valence-corrected chi connectivity index (χ2v) is 20.5. The first-order valence-corrected chi connectivity index (χ1v) is 21.0. The molecule has 0 spiro atoms. The number of cyclic esters (lactones) is 2. The second kappa shape index (κ2) is 14.6. The molecule has 19 atom stereocenters. The van der Waals surface area contributed by atoms with Crippen molar-refractivity contribution in [1.82, 2.24) is 0 Å². The van der Waals surface area contributed by atoms with E-state index in [0.29, 0.717) is 19.3 Å². The molecule has 0 aromatic carbocycles. The maximum absolute atomic E-state index is 14.3. The van der Waals surface area contributed by atoms with E-state index in [1.54, 1.807) is 48.5 Å². The van der Waals surface area contributed by atoms with Gasteiger partial charge in [-0.15, -0.1) is 0 Å². The van der Waals surface area contributed by atoms with Gasteiger partial charge in [0.25, 0.3) is 0 Å². The molecule has 316 valence electrons. The zero-order chi connectivity index (χ0) is 41.8. The molecule has 3 N–H and O–H groups in total. The van der Waals surface area contributed by atoms with Crippen LogP contribution in [0.15, 0.2) is 0 Å². The number of aliphatic hydroxyl groups excluding tert-OH is 1. The summed E-state index contributed by atoms with van der Waals surface area (Å²) in [7, 11) is 0. The Morgan fingerprint density at radius 3 is 1.65 bits per heavy atom. The van der Waals surface area contributed by atoms with E-state index in [1.165, 1.54) is 0 Å². The van der Waals surface area contributed by atoms with Crippen LogP contribution >= 0.6 is 0 Å². The lowest BCUT2D eigenvalue weighted by atomic mass is 9.51. The van der Waals surface area contributed by atoms with Crippen LogP contribution in [0.2, 0.25) is 0 Å². The predicted molar refractivity (Wildman–Crippen MR) is 197 cm³/mol. The Hall–Kier alpha value is -3.55. The van der Waals surface area contributed by atoms with E-state index in [9.17, 15) is 48.9 Å². The third kappa shape index (κ3) is 6.86. The van der Waals surface area contributed by atoms with Gasteiger partial charge >= 0.3 is 41.8 Å². The molecule has 1 aliphatic heterocycles. The van der Waals surface area contributed by atoms with Crippen molar-refractivity contribution >= 4 is 41.8 Å². The highest BCUT2D eigenvalue weighted by Gasteiger charge is 2.74. The highest BCUT2D eigenvalue weighted by Crippen LogP contribution is 2.74. The molecule has 0 amide bonds. The van der Waals surface area contributed by atoms with Gasteiger partial charge in [0.15, 0.2) is 0 Å². The minimum absolute atomic E-state index is 0.0377. The number of esters is 5. The summed E-state index contributed by atoms with van der Waals surface area (Å²) in [6.45, 7) is 14.3. The van der Waals surface area contributed by atoms with Crippen LogP contribution in [0.3, 0.4) is 0 Å². The number of carbonyl (C=O) groups excluding carboxylic acids is 5. The third-order valence-corrected chi connectivity index (χ3v) is 15.5. The third-order valence-electron chi connectivity index (χ3n) is 15.5. The highest BCUT2D eigenvalue weighted by atomic mass is 16.6. The number of aliphatic carboxylic acids is 2. The number of fused-ring (bicyclic) bond motifs is 6. The van der Waals surface area contributed by atoms with Crippen molar-refractivity contribution in [2.45, 2.75) is 98.7 Å². The molecule has 7 aliphatic rings. The van der Waals surface area contributed by atoms with E-state index >= 15 is 0 Å². The summed E-state index contributed by atoms with van der Waals surface area (Å²) in [5, 5.41) is 30.5. The Balaban J connectivity index is 1.34. The summed E-state index contributed by atoms with van der Waals surface area (Å²) < 4.78 is 22.8. The van der Waals surface area contributed by atoms with Crippen LogP contribution in [0, 0.1) is 112 Å². The van der Waals surface area contributed by atoms with Crippen molar-refractivity contribution in [3.8, 4) is 0 Å². The van der Waals surface area contributed by atoms with Crippen molar-refractivity contribution in [2.75, 3.05) is 13.2 Å². The van der Waals surface area contributed by atoms with Gasteiger partial charge in [0.2, 0.25) is 0 Å². The standard InChI is InChI=1S/C43H60O14/c1-16-19-14-22(34(41(53)57-43(6,7)8)33(19)40(52)56-42(3,4)5)25(16)27-18-12-20(21(13-18)38(50)54-11-9-10-44)28(27)30-24-15-23(31(35(45)46)32(24)36(47)48)29(30)26-17(2)37(49)55-39(26)51/h16-34,44H,9-15H2,1-8H3,(H,45,46)(H,47,48). The van der Waals surface area contributed by atoms with Gasteiger partial charge in [0, 0.05) is 13.0 Å². The molecule has 1 saturated heterocycles. The lowest BCUT2D eigenvalue weighted by Gasteiger charge is -2.52. The van der Waals surface area contributed by atoms with Crippen LogP contribution in [0.1, 0.15) is 87.5 Å². The summed E-state index contributed by atoms with van der Waals surface area (Å²) >= 11 is 0. The zero-order valence-corrected chi connectivity index (χ0v) is 34.3. The molecular formula is C43H60O14. The van der Waals surface area contributed by atoms with Gasteiger partial charge in [-0.05, 0) is 138 Å². The van der Waals surface area contributed by atoms with E-state index in [4.69, 9.17) is 18.9 Å². The maximum Gasteiger partial charge on any atom is 0.317 e. The van der Waals surface area contributed by atoms with Crippen molar-refractivity contribution in [1.29, 1.82) is 0 Å². The molecular weight excluding hydrogens is 740 g/mol. The first-order valence-electron chi connectivity index (χ1n) is 21.0. The van der Waals surface area contributed by atoms with Crippen molar-refractivity contribution in [3.05, 3.63) is 0 Å². The number of aliphatic hydroxyl groups is 1. The predicted octanol–water partition coefficient (Wildman–Crippen LogP) is 4.24. The smallest absolute Gasteiger partial charge is 0.317 e. The second-order valence-electron chi connectivity index (χ2n) is 20.5. The fourth-order valence-electron chi connectivity index (χ4n) is 14.3. The average molecular weight is 801 g/mol. The van der Waals surface area contributed by atoms with Gasteiger partial charge in [0.1, 0.15) is 11.2 Å². The van der Waals surface area contributed by atoms with Gasteiger partial charge < -0.3 is 34.3 Å². The molecule has 0 aromatic heterocycles. The first-order chi connectivity index (χ1) is 26.6. The molecule has 0 aromatic rings. The minimum atomic E-state index is -1.27. The van der Waals surface area contributed by atoms with Crippen LogP contribution in [-0.4, -0.2) is 81.5 Å². The van der Waals surface area contributed by atoms with Gasteiger partial charge in [0.05, 0.1) is 48.0 Å². The van der Waals surface area contributed by atoms with E-state index in [-0.39, 0.29) is 73.4 Å². The molecule has 7 rings (SSSR count). The summed E-state index contributed by atoms with van der Waals surface area (Å²) in [6.07, 6.45) is 2.21. The van der Waals surface area contributed by atoms with Gasteiger partial charge in [-0.25, -0.2) is 0 Å². The average Bonchev–Trinajstić information content (AvgIpc) is 3.94. The van der Waals surface area contributed by atoms with E-state index in [0.717, 1.165) is 0 Å². The number of carboxylic acid groups (broad SMARTS) is 2. The topological polar surface area (TPSA) is 217 Å². The molecule has 6 bridgehead atoms. The quantitative estimate of drug-likeness (QED) is 0.115. The number of rotatable bonds is 11. The number of carbonyl (C=O) groups is 7. The van der Waals surface area contributed by atoms with Gasteiger partial charge in [-0.2, -0.15) is 0 Å². The minimum Gasteiger partial charge on any atom is -0.481 e. The lowest BCUT2D eigenvalue weighted by molar-refractivity contribution is -0.181. The SMILES string of the molecule is CC1C(=O)OC(=O)C1C1C2CC(C(C(=O)O)C2C(=O)O)C1C1C2CC(CC2C(=O)OCCCO)C1C1C(C)C2CC1C(C(=O)OC(C)(C)C)C2C(=O)OC(C)(C)C. The normalized spacial score (nSPS) is 44.3. The Morgan fingerprint density at radius 1 is 0.632 bits per heavy atom. The lowest BCUT2D eigenvalue weighted by Crippen LogP contribution is -2.54. The molecule has 7 fully saturated rings. The number of hydrogen-bond acceptors (Lipinski definition) is 12. The summed E-state index contributed by atoms with van der Waals surface area (Å²) in [5.41, 5.74) is -1.62. The molecule has 19 unspecified atom stereocenters. The molecule has 1 heterocycles. The van der Waals surface area contributed by atoms with Crippen LogP contribution in [-0.2, 0) is 52.5 Å². The number of ether oxygens (including phenoxy) is 4. The van der Waals surface area contributed by atoms with Gasteiger partial charge in [-0.1, -0.05) is 13.8 Å². The highest BCUT2D eigenvalue weighted by molar-refractivity contribution is 5.96. The number of carboxylic acids is 2. The molecule has 14 nitrogen and oxygen atoms in total. The van der Waals surface area contributed by atoms with Crippen molar-refractivity contribution in [3.63, 3.8) is 0 Å². The molecule has 6 aliphatic carbocycles. The summed E-state index contributed by atoms with van der Waals surface area (Å²) in [6, 6.07) is 0. The van der Waals surface area contributed by atoms with Crippen molar-refractivity contribution in [2.24, 2.45) is 112 Å². The molecule has 0 radical (unpaired) electrons. The van der Waals surface area contributed by atoms with Crippen LogP contribution < -0.4 is 0 Å². The van der Waals surface area contributed by atoms with Crippen LogP contribution in [0.4, 0.5) is 0 Å². The zero-order valence-electron chi connectivity index (χ0n) is 34.3.